The van der Waals surface area contributed by atoms with Crippen molar-refractivity contribution in [3.05, 3.63) is 70.5 Å². The van der Waals surface area contributed by atoms with Crippen LogP contribution in [0.15, 0.2) is 42.5 Å². The Morgan fingerprint density at radius 1 is 1.06 bits per heavy atom. The first-order valence-electron chi connectivity index (χ1n) is 6.02. The second-order valence-electron chi connectivity index (χ2n) is 4.69. The molecule has 0 aliphatic carbocycles. The topological polar surface area (TPSA) is 0 Å². The van der Waals surface area contributed by atoms with E-state index in [1.54, 1.807) is 6.07 Å². The average molecular weight is 263 g/mol. The lowest BCUT2D eigenvalue weighted by Gasteiger charge is -2.12. The molecule has 0 saturated heterocycles. The van der Waals surface area contributed by atoms with Gasteiger partial charge in [-0.2, -0.15) is 0 Å². The maximum atomic E-state index is 13.8. The lowest BCUT2D eigenvalue weighted by Crippen LogP contribution is -1.99. The van der Waals surface area contributed by atoms with Crippen LogP contribution in [0.25, 0.3) is 0 Å². The van der Waals surface area contributed by atoms with Gasteiger partial charge in [-0.05, 0) is 37.5 Å². The molecule has 0 aliphatic rings. The molecule has 0 heterocycles. The van der Waals surface area contributed by atoms with E-state index >= 15 is 0 Å². The third-order valence-electron chi connectivity index (χ3n) is 2.99. The van der Waals surface area contributed by atoms with Gasteiger partial charge in [-0.1, -0.05) is 42.0 Å². The molecule has 0 aliphatic heterocycles. The summed E-state index contributed by atoms with van der Waals surface area (Å²) in [6, 6.07) is 13.3. The van der Waals surface area contributed by atoms with Crippen LogP contribution >= 0.6 is 11.6 Å². The van der Waals surface area contributed by atoms with Gasteiger partial charge in [-0.3, -0.25) is 0 Å². The molecule has 2 aromatic carbocycles. The number of alkyl halides is 1. The largest absolute Gasteiger partial charge is 0.207 e. The van der Waals surface area contributed by atoms with Gasteiger partial charge >= 0.3 is 0 Å². The van der Waals surface area contributed by atoms with E-state index in [9.17, 15) is 4.39 Å². The minimum absolute atomic E-state index is 0.220. The van der Waals surface area contributed by atoms with E-state index in [1.807, 2.05) is 38.1 Å². The van der Waals surface area contributed by atoms with Crippen LogP contribution in [0.1, 0.15) is 27.6 Å². The molecule has 94 valence electrons. The first-order valence-corrected chi connectivity index (χ1v) is 6.45. The standard InChI is InChI=1S/C16H16ClF/c1-11-4-3-5-13(8-11)10-15(17)14-7-6-12(2)9-16(14)18/h3-9,15H,10H2,1-2H3. The fraction of sp³-hybridized carbons (Fsp3) is 0.250. The van der Waals surface area contributed by atoms with Crippen LogP contribution in [0.5, 0.6) is 0 Å². The molecule has 2 aromatic rings. The van der Waals surface area contributed by atoms with Gasteiger partial charge in [0.1, 0.15) is 5.82 Å². The highest BCUT2D eigenvalue weighted by Crippen LogP contribution is 2.27. The van der Waals surface area contributed by atoms with Crippen molar-refractivity contribution >= 4 is 11.6 Å². The predicted octanol–water partition coefficient (Wildman–Crippen LogP) is 4.97. The van der Waals surface area contributed by atoms with E-state index in [1.165, 1.54) is 11.6 Å². The lowest BCUT2D eigenvalue weighted by molar-refractivity contribution is 0.604. The minimum atomic E-state index is -0.326. The molecule has 0 bridgehead atoms. The predicted molar refractivity (Wildman–Crippen MR) is 74.6 cm³/mol. The molecule has 0 nitrogen and oxygen atoms in total. The number of benzene rings is 2. The summed E-state index contributed by atoms with van der Waals surface area (Å²) >= 11 is 6.31. The summed E-state index contributed by atoms with van der Waals surface area (Å²) in [4.78, 5) is 0. The Hall–Kier alpha value is -1.34. The lowest BCUT2D eigenvalue weighted by atomic mass is 10.0. The Morgan fingerprint density at radius 3 is 2.44 bits per heavy atom. The van der Waals surface area contributed by atoms with Crippen molar-refractivity contribution < 1.29 is 4.39 Å². The first-order chi connectivity index (χ1) is 8.56. The van der Waals surface area contributed by atoms with Crippen LogP contribution in [0.4, 0.5) is 4.39 Å². The van der Waals surface area contributed by atoms with Crippen molar-refractivity contribution in [2.75, 3.05) is 0 Å². The van der Waals surface area contributed by atoms with Gasteiger partial charge in [0.05, 0.1) is 5.38 Å². The molecule has 0 aromatic heterocycles. The van der Waals surface area contributed by atoms with Gasteiger partial charge in [-0.25, -0.2) is 4.39 Å². The zero-order valence-corrected chi connectivity index (χ0v) is 11.3. The summed E-state index contributed by atoms with van der Waals surface area (Å²) in [5.41, 5.74) is 3.81. The highest BCUT2D eigenvalue weighted by Gasteiger charge is 2.13. The maximum absolute atomic E-state index is 13.8. The Labute approximate surface area is 112 Å². The molecule has 1 atom stereocenters. The molecule has 2 heteroatoms. The van der Waals surface area contributed by atoms with Crippen LogP contribution in [0, 0.1) is 19.7 Å². The second kappa shape index (κ2) is 5.53. The van der Waals surface area contributed by atoms with Crippen molar-refractivity contribution in [1.82, 2.24) is 0 Å². The third kappa shape index (κ3) is 3.11. The maximum Gasteiger partial charge on any atom is 0.128 e. The number of rotatable bonds is 3. The Morgan fingerprint density at radius 2 is 1.78 bits per heavy atom. The van der Waals surface area contributed by atoms with Gasteiger partial charge in [0.2, 0.25) is 0 Å². The summed E-state index contributed by atoms with van der Waals surface area (Å²) in [7, 11) is 0. The number of aryl methyl sites for hydroxylation is 2. The summed E-state index contributed by atoms with van der Waals surface area (Å²) < 4.78 is 13.8. The third-order valence-corrected chi connectivity index (χ3v) is 3.38. The monoisotopic (exact) mass is 262 g/mol. The summed E-state index contributed by atoms with van der Waals surface area (Å²) in [5, 5.41) is -0.326. The summed E-state index contributed by atoms with van der Waals surface area (Å²) in [6.45, 7) is 3.91. The Bertz CT molecular complexity index is 549. The van der Waals surface area contributed by atoms with Gasteiger partial charge in [0.15, 0.2) is 0 Å². The van der Waals surface area contributed by atoms with Crippen molar-refractivity contribution in [3.8, 4) is 0 Å². The Kier molecular flexibility index (Phi) is 4.03. The fourth-order valence-electron chi connectivity index (χ4n) is 2.04. The van der Waals surface area contributed by atoms with Crippen molar-refractivity contribution in [3.63, 3.8) is 0 Å². The summed E-state index contributed by atoms with van der Waals surface area (Å²) in [6.07, 6.45) is 0.642. The van der Waals surface area contributed by atoms with E-state index in [0.29, 0.717) is 12.0 Å². The molecule has 0 fully saturated rings. The summed E-state index contributed by atoms with van der Waals surface area (Å²) in [5.74, 6) is -0.220. The van der Waals surface area contributed by atoms with E-state index in [0.717, 1.165) is 11.1 Å². The van der Waals surface area contributed by atoms with Crippen LogP contribution in [-0.4, -0.2) is 0 Å². The van der Waals surface area contributed by atoms with Gasteiger partial charge in [-0.15, -0.1) is 11.6 Å². The van der Waals surface area contributed by atoms with Gasteiger partial charge in [0.25, 0.3) is 0 Å². The molecule has 1 unspecified atom stereocenters. The number of hydrogen-bond acceptors (Lipinski definition) is 0. The normalized spacial score (nSPS) is 12.4. The quantitative estimate of drug-likeness (QED) is 0.686. The number of halogens is 2. The minimum Gasteiger partial charge on any atom is -0.207 e. The molecular formula is C16H16ClF. The van der Waals surface area contributed by atoms with Crippen LogP contribution in [0.3, 0.4) is 0 Å². The van der Waals surface area contributed by atoms with Gasteiger partial charge < -0.3 is 0 Å². The van der Waals surface area contributed by atoms with E-state index in [4.69, 9.17) is 11.6 Å². The molecule has 2 rings (SSSR count). The van der Waals surface area contributed by atoms with E-state index < -0.39 is 0 Å². The van der Waals surface area contributed by atoms with Crippen molar-refractivity contribution in [2.45, 2.75) is 25.6 Å². The zero-order valence-electron chi connectivity index (χ0n) is 10.6. The molecule has 18 heavy (non-hydrogen) atoms. The van der Waals surface area contributed by atoms with Crippen molar-refractivity contribution in [2.24, 2.45) is 0 Å². The second-order valence-corrected chi connectivity index (χ2v) is 5.21. The molecule has 0 N–H and O–H groups in total. The first kappa shape index (κ1) is 13.1. The zero-order chi connectivity index (χ0) is 13.1. The molecule has 0 spiro atoms. The van der Waals surface area contributed by atoms with Gasteiger partial charge in [0, 0.05) is 5.56 Å². The molecule has 0 radical (unpaired) electrons. The Balaban J connectivity index is 2.19. The van der Waals surface area contributed by atoms with Crippen LogP contribution < -0.4 is 0 Å². The van der Waals surface area contributed by atoms with Crippen LogP contribution in [0.2, 0.25) is 0 Å². The highest BCUT2D eigenvalue weighted by molar-refractivity contribution is 6.20. The molecular weight excluding hydrogens is 247 g/mol. The van der Waals surface area contributed by atoms with E-state index in [-0.39, 0.29) is 11.2 Å². The SMILES string of the molecule is Cc1cccc(CC(Cl)c2ccc(C)cc2F)c1. The van der Waals surface area contributed by atoms with E-state index in [2.05, 4.69) is 6.07 Å². The average Bonchev–Trinajstić information content (AvgIpc) is 2.28. The smallest absolute Gasteiger partial charge is 0.128 e. The number of hydrogen-bond donors (Lipinski definition) is 0. The van der Waals surface area contributed by atoms with Crippen molar-refractivity contribution in [1.29, 1.82) is 0 Å². The molecule has 0 saturated carbocycles. The fourth-order valence-corrected chi connectivity index (χ4v) is 2.40. The highest BCUT2D eigenvalue weighted by atomic mass is 35.5. The van der Waals surface area contributed by atoms with Crippen LogP contribution in [-0.2, 0) is 6.42 Å². The molecule has 0 amide bonds.